The predicted molar refractivity (Wildman–Crippen MR) is 61.5 cm³/mol. The van der Waals surface area contributed by atoms with Crippen molar-refractivity contribution in [2.45, 2.75) is 45.4 Å². The summed E-state index contributed by atoms with van der Waals surface area (Å²) in [7, 11) is 0. The van der Waals surface area contributed by atoms with Gasteiger partial charge in [0, 0.05) is 6.42 Å². The van der Waals surface area contributed by atoms with Crippen LogP contribution in [-0.2, 0) is 9.53 Å². The Labute approximate surface area is 92.7 Å². The number of carbonyl (C=O) groups excluding carboxylic acids is 1. The Bertz CT molecular complexity index is 205. The van der Waals surface area contributed by atoms with Crippen LogP contribution in [0.5, 0.6) is 0 Å². The monoisotopic (exact) mass is 210 g/mol. The molecule has 0 spiro atoms. The van der Waals surface area contributed by atoms with Gasteiger partial charge in [0.05, 0.1) is 0 Å². The maximum Gasteiger partial charge on any atom is 0.306 e. The third-order valence-corrected chi connectivity index (χ3v) is 3.31. The maximum atomic E-state index is 11.4. The van der Waals surface area contributed by atoms with Crippen LogP contribution in [0.25, 0.3) is 0 Å². The van der Waals surface area contributed by atoms with Crippen LogP contribution >= 0.6 is 0 Å². The lowest BCUT2D eigenvalue weighted by atomic mass is 9.79. The molecule has 1 rings (SSSR count). The molecular weight excluding hydrogens is 188 g/mol. The van der Waals surface area contributed by atoms with E-state index in [0.29, 0.717) is 18.9 Å². The van der Waals surface area contributed by atoms with Crippen molar-refractivity contribution in [3.8, 4) is 0 Å². The van der Waals surface area contributed by atoms with Crippen LogP contribution in [0.2, 0.25) is 0 Å². The van der Waals surface area contributed by atoms with Crippen molar-refractivity contribution >= 4 is 5.97 Å². The Hall–Kier alpha value is -0.790. The Balaban J connectivity index is 2.23. The van der Waals surface area contributed by atoms with Crippen LogP contribution in [0.1, 0.15) is 45.4 Å². The van der Waals surface area contributed by atoms with Gasteiger partial charge in [-0.25, -0.2) is 0 Å². The van der Waals surface area contributed by atoms with Crippen molar-refractivity contribution in [1.82, 2.24) is 0 Å². The highest BCUT2D eigenvalue weighted by atomic mass is 16.5. The van der Waals surface area contributed by atoms with Crippen molar-refractivity contribution < 1.29 is 9.53 Å². The molecule has 2 nitrogen and oxygen atoms in total. The van der Waals surface area contributed by atoms with Crippen molar-refractivity contribution in [3.05, 3.63) is 12.7 Å². The van der Waals surface area contributed by atoms with Crippen molar-refractivity contribution in [1.29, 1.82) is 0 Å². The fraction of sp³-hybridized carbons (Fsp3) is 0.769. The lowest BCUT2D eigenvalue weighted by molar-refractivity contribution is -0.143. The Morgan fingerprint density at radius 2 is 2.13 bits per heavy atom. The Morgan fingerprint density at radius 1 is 1.47 bits per heavy atom. The lowest BCUT2D eigenvalue weighted by Gasteiger charge is -2.26. The third-order valence-electron chi connectivity index (χ3n) is 3.31. The maximum absolute atomic E-state index is 11.4. The first kappa shape index (κ1) is 12.3. The second kappa shape index (κ2) is 6.65. The van der Waals surface area contributed by atoms with Gasteiger partial charge in [-0.3, -0.25) is 4.79 Å². The normalized spacial score (nSPS) is 19.5. The molecule has 1 fully saturated rings. The highest BCUT2D eigenvalue weighted by molar-refractivity contribution is 5.69. The van der Waals surface area contributed by atoms with E-state index in [1.54, 1.807) is 6.08 Å². The first-order valence-corrected chi connectivity index (χ1v) is 6.00. The molecule has 1 atom stereocenters. The largest absolute Gasteiger partial charge is 0.461 e. The summed E-state index contributed by atoms with van der Waals surface area (Å²) in [4.78, 5) is 11.4. The van der Waals surface area contributed by atoms with Gasteiger partial charge in [-0.05, 0) is 11.8 Å². The van der Waals surface area contributed by atoms with Gasteiger partial charge in [0.1, 0.15) is 6.61 Å². The minimum atomic E-state index is -0.0760. The van der Waals surface area contributed by atoms with E-state index >= 15 is 0 Å². The molecule has 0 aromatic rings. The second-order valence-corrected chi connectivity index (χ2v) is 4.55. The molecular formula is C13H22O2. The van der Waals surface area contributed by atoms with Crippen LogP contribution in [0.4, 0.5) is 0 Å². The molecule has 0 aliphatic heterocycles. The molecule has 0 saturated heterocycles. The number of hydrogen-bond donors (Lipinski definition) is 0. The van der Waals surface area contributed by atoms with Gasteiger partial charge in [0.15, 0.2) is 0 Å². The van der Waals surface area contributed by atoms with Crippen molar-refractivity contribution in [3.63, 3.8) is 0 Å². The zero-order valence-electron chi connectivity index (χ0n) is 9.71. The van der Waals surface area contributed by atoms with Crippen LogP contribution < -0.4 is 0 Å². The van der Waals surface area contributed by atoms with E-state index in [1.165, 1.54) is 32.1 Å². The number of esters is 1. The number of hydrogen-bond acceptors (Lipinski definition) is 2. The van der Waals surface area contributed by atoms with E-state index in [2.05, 4.69) is 13.5 Å². The van der Waals surface area contributed by atoms with Gasteiger partial charge in [-0.15, -0.1) is 0 Å². The van der Waals surface area contributed by atoms with E-state index < -0.39 is 0 Å². The summed E-state index contributed by atoms with van der Waals surface area (Å²) in [6.45, 7) is 6.04. The highest BCUT2D eigenvalue weighted by Gasteiger charge is 2.22. The molecule has 0 aromatic carbocycles. The molecule has 0 amide bonds. The van der Waals surface area contributed by atoms with Gasteiger partial charge in [0.2, 0.25) is 0 Å². The first-order valence-electron chi connectivity index (χ1n) is 6.00. The molecule has 15 heavy (non-hydrogen) atoms. The summed E-state index contributed by atoms with van der Waals surface area (Å²) in [6.07, 6.45) is 8.78. The first-order chi connectivity index (χ1) is 7.24. The lowest BCUT2D eigenvalue weighted by Crippen LogP contribution is -2.19. The Kier molecular flexibility index (Phi) is 5.44. The summed E-state index contributed by atoms with van der Waals surface area (Å²) in [5.74, 6) is 1.13. The third kappa shape index (κ3) is 4.50. The molecule has 0 radical (unpaired) electrons. The summed E-state index contributed by atoms with van der Waals surface area (Å²) in [6, 6.07) is 0. The van der Waals surface area contributed by atoms with Gasteiger partial charge < -0.3 is 4.74 Å². The molecule has 1 saturated carbocycles. The van der Waals surface area contributed by atoms with Crippen LogP contribution in [0.3, 0.4) is 0 Å². The standard InChI is InChI=1S/C13H22O2/c1-3-9-15-13(14)10-11(2)12-7-5-4-6-8-12/h3,11-12H,1,4-10H2,2H3. The molecule has 0 aromatic heterocycles. The fourth-order valence-electron chi connectivity index (χ4n) is 2.34. The molecule has 0 bridgehead atoms. The van der Waals surface area contributed by atoms with Crippen LogP contribution in [0.15, 0.2) is 12.7 Å². The number of rotatable bonds is 5. The molecule has 0 heterocycles. The average Bonchev–Trinajstić information content (AvgIpc) is 2.27. The average molecular weight is 210 g/mol. The van der Waals surface area contributed by atoms with Crippen LogP contribution in [0, 0.1) is 11.8 Å². The van der Waals surface area contributed by atoms with E-state index in [-0.39, 0.29) is 5.97 Å². The minimum Gasteiger partial charge on any atom is -0.461 e. The zero-order chi connectivity index (χ0) is 11.1. The number of ether oxygens (including phenoxy) is 1. The van der Waals surface area contributed by atoms with E-state index in [1.807, 2.05) is 0 Å². The summed E-state index contributed by atoms with van der Waals surface area (Å²) in [5, 5.41) is 0. The smallest absolute Gasteiger partial charge is 0.306 e. The van der Waals surface area contributed by atoms with Gasteiger partial charge in [0.25, 0.3) is 0 Å². The SMILES string of the molecule is C=CCOC(=O)CC(C)C1CCCCC1. The van der Waals surface area contributed by atoms with Crippen molar-refractivity contribution in [2.24, 2.45) is 11.8 Å². The summed E-state index contributed by atoms with van der Waals surface area (Å²) in [5.41, 5.74) is 0. The quantitative estimate of drug-likeness (QED) is 0.514. The molecule has 86 valence electrons. The minimum absolute atomic E-state index is 0.0760. The summed E-state index contributed by atoms with van der Waals surface area (Å²) < 4.78 is 5.00. The predicted octanol–water partition coefficient (Wildman–Crippen LogP) is 3.32. The molecule has 0 N–H and O–H groups in total. The van der Waals surface area contributed by atoms with Gasteiger partial charge in [-0.1, -0.05) is 51.7 Å². The second-order valence-electron chi connectivity index (χ2n) is 4.55. The topological polar surface area (TPSA) is 26.3 Å². The van der Waals surface area contributed by atoms with Gasteiger partial charge >= 0.3 is 5.97 Å². The molecule has 1 aliphatic carbocycles. The molecule has 1 unspecified atom stereocenters. The van der Waals surface area contributed by atoms with E-state index in [0.717, 1.165) is 5.92 Å². The highest BCUT2D eigenvalue weighted by Crippen LogP contribution is 2.31. The Morgan fingerprint density at radius 3 is 2.73 bits per heavy atom. The van der Waals surface area contributed by atoms with Gasteiger partial charge in [-0.2, -0.15) is 0 Å². The van der Waals surface area contributed by atoms with E-state index in [9.17, 15) is 4.79 Å². The summed E-state index contributed by atoms with van der Waals surface area (Å²) >= 11 is 0. The van der Waals surface area contributed by atoms with Crippen LogP contribution in [-0.4, -0.2) is 12.6 Å². The zero-order valence-corrected chi connectivity index (χ0v) is 9.71. The van der Waals surface area contributed by atoms with Crippen molar-refractivity contribution in [2.75, 3.05) is 6.61 Å². The fourth-order valence-corrected chi connectivity index (χ4v) is 2.34. The number of carbonyl (C=O) groups is 1. The van der Waals surface area contributed by atoms with E-state index in [4.69, 9.17) is 4.74 Å². The molecule has 2 heteroatoms. The molecule has 1 aliphatic rings.